The van der Waals surface area contributed by atoms with Crippen LogP contribution < -0.4 is 10.2 Å². The first-order valence-electron chi connectivity index (χ1n) is 9.27. The summed E-state index contributed by atoms with van der Waals surface area (Å²) in [4.78, 5) is 10.8. The molecule has 5 rings (SSSR count). The Hall–Kier alpha value is -2.77. The van der Waals surface area contributed by atoms with E-state index >= 15 is 0 Å². The number of rotatable bonds is 5. The van der Waals surface area contributed by atoms with Gasteiger partial charge in [0.2, 0.25) is 0 Å². The number of hydrogen-bond acceptors (Lipinski definition) is 7. The van der Waals surface area contributed by atoms with Gasteiger partial charge < -0.3 is 10.2 Å². The molecule has 1 saturated carbocycles. The minimum absolute atomic E-state index is 0.525. The van der Waals surface area contributed by atoms with E-state index in [2.05, 4.69) is 30.4 Å². The SMILES string of the molecule is Cc1nccc(NCC2CN(c3ccc4nnc(C5CCC5)n4n3)C2)n1. The molecule has 3 aromatic heterocycles. The lowest BCUT2D eigenvalue weighted by Gasteiger charge is -2.40. The van der Waals surface area contributed by atoms with Crippen LogP contribution in [0.25, 0.3) is 5.65 Å². The number of nitrogens with one attached hydrogen (secondary N) is 1. The Morgan fingerprint density at radius 1 is 1.15 bits per heavy atom. The van der Waals surface area contributed by atoms with Gasteiger partial charge >= 0.3 is 0 Å². The topological polar surface area (TPSA) is 84.1 Å². The third kappa shape index (κ3) is 2.75. The van der Waals surface area contributed by atoms with E-state index in [1.807, 2.05) is 29.6 Å². The lowest BCUT2D eigenvalue weighted by atomic mass is 9.85. The lowest BCUT2D eigenvalue weighted by molar-refractivity contribution is 0.393. The Morgan fingerprint density at radius 2 is 2.04 bits per heavy atom. The molecule has 0 unspecified atom stereocenters. The number of hydrogen-bond donors (Lipinski definition) is 1. The first kappa shape index (κ1) is 15.5. The molecule has 3 aromatic rings. The second-order valence-corrected chi connectivity index (χ2v) is 7.29. The molecule has 8 nitrogen and oxygen atoms in total. The second kappa shape index (κ2) is 6.19. The summed E-state index contributed by atoms with van der Waals surface area (Å²) in [6.07, 6.45) is 5.47. The fourth-order valence-electron chi connectivity index (χ4n) is 3.58. The number of nitrogens with zero attached hydrogens (tertiary/aromatic N) is 7. The van der Waals surface area contributed by atoms with E-state index in [0.717, 1.165) is 48.6 Å². The molecule has 4 heterocycles. The predicted octanol–water partition coefficient (Wildman–Crippen LogP) is 2.04. The molecule has 0 aromatic carbocycles. The minimum Gasteiger partial charge on any atom is -0.370 e. The number of anilines is 2. The van der Waals surface area contributed by atoms with Crippen molar-refractivity contribution >= 4 is 17.3 Å². The summed E-state index contributed by atoms with van der Waals surface area (Å²) in [5, 5.41) is 16.8. The molecule has 134 valence electrons. The summed E-state index contributed by atoms with van der Waals surface area (Å²) in [6.45, 7) is 4.81. The van der Waals surface area contributed by atoms with Crippen LogP contribution in [0.4, 0.5) is 11.6 Å². The molecule has 0 amide bonds. The Labute approximate surface area is 151 Å². The van der Waals surface area contributed by atoms with Crippen molar-refractivity contribution in [1.29, 1.82) is 0 Å². The van der Waals surface area contributed by atoms with Crippen molar-refractivity contribution in [3.05, 3.63) is 36.0 Å². The van der Waals surface area contributed by atoms with E-state index < -0.39 is 0 Å². The van der Waals surface area contributed by atoms with Gasteiger partial charge in [-0.1, -0.05) is 6.42 Å². The minimum atomic E-state index is 0.525. The summed E-state index contributed by atoms with van der Waals surface area (Å²) in [6, 6.07) is 5.98. The quantitative estimate of drug-likeness (QED) is 0.754. The molecular weight excluding hydrogens is 328 g/mol. The fraction of sp³-hybridized carbons (Fsp3) is 0.500. The van der Waals surface area contributed by atoms with E-state index in [1.165, 1.54) is 19.3 Å². The Morgan fingerprint density at radius 3 is 2.81 bits per heavy atom. The molecule has 1 aliphatic heterocycles. The molecule has 26 heavy (non-hydrogen) atoms. The largest absolute Gasteiger partial charge is 0.370 e. The van der Waals surface area contributed by atoms with Gasteiger partial charge in [-0.05, 0) is 38.0 Å². The van der Waals surface area contributed by atoms with Gasteiger partial charge in [-0.2, -0.15) is 4.52 Å². The standard InChI is InChI=1S/C18H22N8/c1-12-19-8-7-15(21-12)20-9-13-10-25(11-13)17-6-5-16-22-23-18(26(16)24-17)14-3-2-4-14/h5-8,13-14H,2-4,9-11H2,1H3,(H,19,20,21). The summed E-state index contributed by atoms with van der Waals surface area (Å²) < 4.78 is 1.94. The monoisotopic (exact) mass is 350 g/mol. The third-order valence-corrected chi connectivity index (χ3v) is 5.37. The normalized spacial score (nSPS) is 18.0. The first-order chi connectivity index (χ1) is 12.8. The van der Waals surface area contributed by atoms with Gasteiger partial charge in [0.15, 0.2) is 11.5 Å². The zero-order valence-electron chi connectivity index (χ0n) is 14.8. The van der Waals surface area contributed by atoms with E-state index in [4.69, 9.17) is 5.10 Å². The van der Waals surface area contributed by atoms with Crippen LogP contribution in [0.2, 0.25) is 0 Å². The molecule has 0 spiro atoms. The van der Waals surface area contributed by atoms with Gasteiger partial charge in [0.1, 0.15) is 17.5 Å². The van der Waals surface area contributed by atoms with E-state index in [1.54, 1.807) is 6.20 Å². The van der Waals surface area contributed by atoms with Crippen LogP contribution in [0.1, 0.15) is 36.8 Å². The molecule has 1 N–H and O–H groups in total. The molecule has 0 atom stereocenters. The van der Waals surface area contributed by atoms with Gasteiger partial charge in [0.05, 0.1) is 0 Å². The lowest BCUT2D eigenvalue weighted by Crippen LogP contribution is -2.50. The van der Waals surface area contributed by atoms with Crippen LogP contribution in [0.15, 0.2) is 24.4 Å². The molecule has 2 aliphatic rings. The summed E-state index contributed by atoms with van der Waals surface area (Å²) in [5.74, 6) is 4.83. The molecule has 1 saturated heterocycles. The summed E-state index contributed by atoms with van der Waals surface area (Å²) >= 11 is 0. The first-order valence-corrected chi connectivity index (χ1v) is 9.27. The van der Waals surface area contributed by atoms with Crippen molar-refractivity contribution < 1.29 is 0 Å². The molecule has 2 fully saturated rings. The Kier molecular flexibility index (Phi) is 3.69. The van der Waals surface area contributed by atoms with Crippen molar-refractivity contribution in [2.45, 2.75) is 32.1 Å². The fourth-order valence-corrected chi connectivity index (χ4v) is 3.58. The Balaban J connectivity index is 1.23. The van der Waals surface area contributed by atoms with Crippen LogP contribution >= 0.6 is 0 Å². The van der Waals surface area contributed by atoms with Gasteiger partial charge in [0.25, 0.3) is 0 Å². The predicted molar refractivity (Wildman–Crippen MR) is 98.3 cm³/mol. The highest BCUT2D eigenvalue weighted by atomic mass is 15.4. The van der Waals surface area contributed by atoms with Crippen LogP contribution in [0.5, 0.6) is 0 Å². The maximum Gasteiger partial charge on any atom is 0.178 e. The number of aromatic nitrogens is 6. The van der Waals surface area contributed by atoms with Crippen molar-refractivity contribution in [3.63, 3.8) is 0 Å². The zero-order valence-corrected chi connectivity index (χ0v) is 14.8. The highest BCUT2D eigenvalue weighted by molar-refractivity contribution is 5.48. The van der Waals surface area contributed by atoms with Gasteiger partial charge in [0, 0.05) is 37.7 Å². The summed E-state index contributed by atoms with van der Waals surface area (Å²) in [5.41, 5.74) is 0.841. The van der Waals surface area contributed by atoms with E-state index in [9.17, 15) is 0 Å². The second-order valence-electron chi connectivity index (χ2n) is 7.29. The number of fused-ring (bicyclic) bond motifs is 1. The molecule has 8 heteroatoms. The maximum atomic E-state index is 4.80. The average molecular weight is 350 g/mol. The third-order valence-electron chi connectivity index (χ3n) is 5.37. The van der Waals surface area contributed by atoms with Crippen LogP contribution in [0.3, 0.4) is 0 Å². The molecule has 0 radical (unpaired) electrons. The van der Waals surface area contributed by atoms with Crippen LogP contribution in [-0.2, 0) is 0 Å². The molecular formula is C18H22N8. The summed E-state index contributed by atoms with van der Waals surface area (Å²) in [7, 11) is 0. The Bertz CT molecular complexity index is 926. The molecule has 0 bridgehead atoms. The highest BCUT2D eigenvalue weighted by Crippen LogP contribution is 2.35. The molecule has 1 aliphatic carbocycles. The van der Waals surface area contributed by atoms with E-state index in [0.29, 0.717) is 11.8 Å². The average Bonchev–Trinajstić information content (AvgIpc) is 2.95. The smallest absolute Gasteiger partial charge is 0.178 e. The van der Waals surface area contributed by atoms with Crippen molar-refractivity contribution in [1.82, 2.24) is 29.8 Å². The van der Waals surface area contributed by atoms with Crippen molar-refractivity contribution in [3.8, 4) is 0 Å². The zero-order chi connectivity index (χ0) is 17.5. The van der Waals surface area contributed by atoms with Crippen LogP contribution in [0, 0.1) is 12.8 Å². The van der Waals surface area contributed by atoms with Gasteiger partial charge in [-0.3, -0.25) is 0 Å². The maximum absolute atomic E-state index is 4.80. The highest BCUT2D eigenvalue weighted by Gasteiger charge is 2.29. The van der Waals surface area contributed by atoms with Gasteiger partial charge in [-0.15, -0.1) is 15.3 Å². The van der Waals surface area contributed by atoms with E-state index in [-0.39, 0.29) is 0 Å². The van der Waals surface area contributed by atoms with Gasteiger partial charge in [-0.25, -0.2) is 9.97 Å². The van der Waals surface area contributed by atoms with Crippen LogP contribution in [-0.4, -0.2) is 49.4 Å². The number of aryl methyl sites for hydroxylation is 1. The van der Waals surface area contributed by atoms with Crippen molar-refractivity contribution in [2.24, 2.45) is 5.92 Å². The van der Waals surface area contributed by atoms with Crippen molar-refractivity contribution in [2.75, 3.05) is 29.9 Å².